The average Bonchev–Trinajstić information content (AvgIpc) is 2.92. The van der Waals surface area contributed by atoms with Crippen molar-refractivity contribution in [3.63, 3.8) is 0 Å². The molecule has 2 amide bonds. The molecule has 1 aliphatic heterocycles. The Morgan fingerprint density at radius 3 is 2.22 bits per heavy atom. The first-order chi connectivity index (χ1) is 10.8. The van der Waals surface area contributed by atoms with E-state index in [-0.39, 0.29) is 24.4 Å². The first kappa shape index (κ1) is 17.0. The quantitative estimate of drug-likeness (QED) is 0.899. The molecule has 2 rings (SSSR count). The zero-order chi connectivity index (χ0) is 17.1. The van der Waals surface area contributed by atoms with Gasteiger partial charge in [-0.3, -0.25) is 14.6 Å². The van der Waals surface area contributed by atoms with Gasteiger partial charge in [-0.05, 0) is 39.8 Å². The summed E-state index contributed by atoms with van der Waals surface area (Å²) in [4.78, 5) is 26.3. The summed E-state index contributed by atoms with van der Waals surface area (Å²) in [6.45, 7) is 7.86. The van der Waals surface area contributed by atoms with Crippen molar-refractivity contribution in [1.29, 1.82) is 0 Å². The van der Waals surface area contributed by atoms with Gasteiger partial charge in [0.2, 0.25) is 5.91 Å². The fourth-order valence-electron chi connectivity index (χ4n) is 2.89. The van der Waals surface area contributed by atoms with Crippen LogP contribution in [0.3, 0.4) is 0 Å². The number of anilines is 1. The van der Waals surface area contributed by atoms with Crippen LogP contribution in [0.4, 0.5) is 5.69 Å². The lowest BCUT2D eigenvalue weighted by molar-refractivity contribution is -0.127. The van der Waals surface area contributed by atoms with Crippen molar-refractivity contribution < 1.29 is 9.59 Å². The van der Waals surface area contributed by atoms with Crippen LogP contribution in [0.5, 0.6) is 0 Å². The van der Waals surface area contributed by atoms with E-state index < -0.39 is 11.9 Å². The number of primary amides is 1. The Kier molecular flexibility index (Phi) is 5.03. The molecule has 0 saturated carbocycles. The summed E-state index contributed by atoms with van der Waals surface area (Å²) in [7, 11) is 0. The SMILES string of the molecule is CC(C)N(C(=O)C1=NN(c2ccccc2)C(C(N)=O)C1)C(C)C. The largest absolute Gasteiger partial charge is 0.368 e. The molecule has 23 heavy (non-hydrogen) atoms. The third-order valence-corrected chi connectivity index (χ3v) is 3.85. The molecule has 0 aliphatic carbocycles. The lowest BCUT2D eigenvalue weighted by Crippen LogP contribution is -2.46. The smallest absolute Gasteiger partial charge is 0.270 e. The monoisotopic (exact) mass is 316 g/mol. The summed E-state index contributed by atoms with van der Waals surface area (Å²) in [5.74, 6) is -0.624. The van der Waals surface area contributed by atoms with Gasteiger partial charge in [-0.25, -0.2) is 0 Å². The van der Waals surface area contributed by atoms with Crippen LogP contribution in [-0.4, -0.2) is 40.6 Å². The van der Waals surface area contributed by atoms with Crippen molar-refractivity contribution in [2.24, 2.45) is 10.8 Å². The molecule has 2 N–H and O–H groups in total. The number of hydrogen-bond donors (Lipinski definition) is 1. The van der Waals surface area contributed by atoms with E-state index in [0.717, 1.165) is 5.69 Å². The molecule has 0 spiro atoms. The molecular formula is C17H24N4O2. The summed E-state index contributed by atoms with van der Waals surface area (Å²) >= 11 is 0. The molecule has 0 saturated heterocycles. The molecule has 1 aromatic carbocycles. The number of carbonyl (C=O) groups is 2. The third kappa shape index (κ3) is 3.52. The molecule has 6 heteroatoms. The van der Waals surface area contributed by atoms with E-state index in [4.69, 9.17) is 5.73 Å². The van der Waals surface area contributed by atoms with Gasteiger partial charge in [-0.1, -0.05) is 18.2 Å². The Balaban J connectivity index is 2.33. The minimum atomic E-state index is -0.627. The number of nitrogens with zero attached hydrogens (tertiary/aromatic N) is 3. The topological polar surface area (TPSA) is 79.0 Å². The van der Waals surface area contributed by atoms with Crippen molar-refractivity contribution in [3.8, 4) is 0 Å². The second-order valence-electron chi connectivity index (χ2n) is 6.25. The number of para-hydroxylation sites is 1. The molecular weight excluding hydrogens is 292 g/mol. The molecule has 1 heterocycles. The minimum absolute atomic E-state index is 0.0583. The summed E-state index contributed by atoms with van der Waals surface area (Å²) in [5.41, 5.74) is 6.63. The molecule has 1 unspecified atom stereocenters. The molecule has 1 atom stereocenters. The Bertz CT molecular complexity index is 602. The van der Waals surface area contributed by atoms with Crippen LogP contribution < -0.4 is 10.7 Å². The highest BCUT2D eigenvalue weighted by molar-refractivity contribution is 6.40. The summed E-state index contributed by atoms with van der Waals surface area (Å²) in [6.07, 6.45) is 0.235. The fourth-order valence-corrected chi connectivity index (χ4v) is 2.89. The Labute approximate surface area is 136 Å². The average molecular weight is 316 g/mol. The summed E-state index contributed by atoms with van der Waals surface area (Å²) in [6, 6.07) is 8.77. The van der Waals surface area contributed by atoms with Crippen molar-refractivity contribution in [2.75, 3.05) is 5.01 Å². The van der Waals surface area contributed by atoms with E-state index >= 15 is 0 Å². The first-order valence-electron chi connectivity index (χ1n) is 7.86. The summed E-state index contributed by atoms with van der Waals surface area (Å²) < 4.78 is 0. The number of rotatable bonds is 5. The second-order valence-corrected chi connectivity index (χ2v) is 6.25. The van der Waals surface area contributed by atoms with Crippen LogP contribution in [0.1, 0.15) is 34.1 Å². The number of carbonyl (C=O) groups excluding carboxylic acids is 2. The Morgan fingerprint density at radius 1 is 1.17 bits per heavy atom. The zero-order valence-corrected chi connectivity index (χ0v) is 14.1. The van der Waals surface area contributed by atoms with Gasteiger partial charge < -0.3 is 10.6 Å². The van der Waals surface area contributed by atoms with Gasteiger partial charge >= 0.3 is 0 Å². The van der Waals surface area contributed by atoms with Gasteiger partial charge in [0.05, 0.1) is 5.69 Å². The Morgan fingerprint density at radius 2 is 1.74 bits per heavy atom. The number of hydrazone groups is 1. The van der Waals surface area contributed by atoms with E-state index in [2.05, 4.69) is 5.10 Å². The molecule has 0 radical (unpaired) electrons. The van der Waals surface area contributed by atoms with Gasteiger partial charge in [0.1, 0.15) is 11.8 Å². The number of nitrogens with two attached hydrogens (primary N) is 1. The first-order valence-corrected chi connectivity index (χ1v) is 7.86. The lowest BCUT2D eigenvalue weighted by Gasteiger charge is -2.30. The van der Waals surface area contributed by atoms with Gasteiger partial charge in [0.25, 0.3) is 5.91 Å². The number of amides is 2. The maximum absolute atomic E-state index is 12.8. The highest BCUT2D eigenvalue weighted by Gasteiger charge is 2.37. The maximum atomic E-state index is 12.8. The maximum Gasteiger partial charge on any atom is 0.270 e. The van der Waals surface area contributed by atoms with Gasteiger partial charge in [0.15, 0.2) is 0 Å². The van der Waals surface area contributed by atoms with Crippen LogP contribution in [0.25, 0.3) is 0 Å². The number of hydrogen-bond acceptors (Lipinski definition) is 4. The standard InChI is InChI=1S/C17H24N4O2/c1-11(2)20(12(3)4)17(23)14-10-15(16(18)22)21(19-14)13-8-6-5-7-9-13/h5-9,11-12,15H,10H2,1-4H3,(H2,18,22). The molecule has 0 fully saturated rings. The highest BCUT2D eigenvalue weighted by atomic mass is 16.2. The molecule has 1 aliphatic rings. The van der Waals surface area contributed by atoms with Crippen LogP contribution in [0.15, 0.2) is 35.4 Å². The van der Waals surface area contributed by atoms with Crippen molar-refractivity contribution in [1.82, 2.24) is 4.90 Å². The summed E-state index contributed by atoms with van der Waals surface area (Å²) in [5, 5.41) is 5.95. The third-order valence-electron chi connectivity index (χ3n) is 3.85. The predicted octanol–water partition coefficient (Wildman–Crippen LogP) is 1.75. The van der Waals surface area contributed by atoms with Crippen molar-refractivity contribution in [3.05, 3.63) is 30.3 Å². The minimum Gasteiger partial charge on any atom is -0.368 e. The highest BCUT2D eigenvalue weighted by Crippen LogP contribution is 2.25. The van der Waals surface area contributed by atoms with E-state index in [1.807, 2.05) is 58.0 Å². The fraction of sp³-hybridized carbons (Fsp3) is 0.471. The van der Waals surface area contributed by atoms with Gasteiger partial charge in [-0.2, -0.15) is 5.10 Å². The molecule has 0 bridgehead atoms. The van der Waals surface area contributed by atoms with E-state index in [1.54, 1.807) is 9.91 Å². The van der Waals surface area contributed by atoms with Crippen LogP contribution >= 0.6 is 0 Å². The molecule has 1 aromatic rings. The van der Waals surface area contributed by atoms with Crippen LogP contribution in [0, 0.1) is 0 Å². The van der Waals surface area contributed by atoms with Crippen LogP contribution in [0.2, 0.25) is 0 Å². The zero-order valence-electron chi connectivity index (χ0n) is 14.1. The normalized spacial score (nSPS) is 17.6. The van der Waals surface area contributed by atoms with Crippen LogP contribution in [-0.2, 0) is 9.59 Å². The van der Waals surface area contributed by atoms with Gasteiger partial charge in [0, 0.05) is 18.5 Å². The second kappa shape index (κ2) is 6.81. The molecule has 6 nitrogen and oxygen atoms in total. The Hall–Kier alpha value is -2.37. The molecule has 0 aromatic heterocycles. The lowest BCUT2D eigenvalue weighted by atomic mass is 10.1. The van der Waals surface area contributed by atoms with Crippen molar-refractivity contribution >= 4 is 23.2 Å². The van der Waals surface area contributed by atoms with E-state index in [1.165, 1.54) is 0 Å². The van der Waals surface area contributed by atoms with E-state index in [9.17, 15) is 9.59 Å². The van der Waals surface area contributed by atoms with Gasteiger partial charge in [-0.15, -0.1) is 0 Å². The van der Waals surface area contributed by atoms with Crippen molar-refractivity contribution in [2.45, 2.75) is 52.2 Å². The van der Waals surface area contributed by atoms with E-state index in [0.29, 0.717) is 5.71 Å². The molecule has 124 valence electrons. The number of benzene rings is 1. The predicted molar refractivity (Wildman–Crippen MR) is 91.1 cm³/mol.